The molecule has 0 saturated carbocycles. The fraction of sp³-hybridized carbons (Fsp3) is 1.00. The lowest BCUT2D eigenvalue weighted by molar-refractivity contribution is 0.467. The Morgan fingerprint density at radius 3 is 1.67 bits per heavy atom. The van der Waals surface area contributed by atoms with E-state index in [0.29, 0.717) is 11.8 Å². The fourth-order valence-corrected chi connectivity index (χ4v) is 1.78. The van der Waals surface area contributed by atoms with E-state index in [2.05, 4.69) is 6.92 Å². The molecule has 0 aliphatic rings. The van der Waals surface area contributed by atoms with Crippen LogP contribution in [0.1, 0.15) is 39.0 Å². The summed E-state index contributed by atoms with van der Waals surface area (Å²) >= 11 is 17.6. The first-order valence-corrected chi connectivity index (χ1v) is 5.94. The SMILES string of the molecule is CCC(Cl)(CCCCl)CCCCl. The second-order valence-electron chi connectivity index (χ2n) is 3.09. The second kappa shape index (κ2) is 7.29. The van der Waals surface area contributed by atoms with Crippen LogP contribution in [0.25, 0.3) is 0 Å². The van der Waals surface area contributed by atoms with Gasteiger partial charge in [0.2, 0.25) is 0 Å². The van der Waals surface area contributed by atoms with Gasteiger partial charge in [0.05, 0.1) is 0 Å². The van der Waals surface area contributed by atoms with Crippen molar-refractivity contribution < 1.29 is 0 Å². The summed E-state index contributed by atoms with van der Waals surface area (Å²) in [7, 11) is 0. The van der Waals surface area contributed by atoms with Gasteiger partial charge in [-0.3, -0.25) is 0 Å². The van der Waals surface area contributed by atoms with Crippen LogP contribution < -0.4 is 0 Å². The fourth-order valence-electron chi connectivity index (χ4n) is 1.25. The average molecular weight is 232 g/mol. The number of hydrogen-bond donors (Lipinski definition) is 0. The minimum atomic E-state index is -0.0518. The summed E-state index contributed by atoms with van der Waals surface area (Å²) < 4.78 is 0. The largest absolute Gasteiger partial charge is 0.127 e. The molecule has 0 aliphatic heterocycles. The van der Waals surface area contributed by atoms with Crippen LogP contribution in [0.3, 0.4) is 0 Å². The smallest absolute Gasteiger partial charge is 0.0445 e. The summed E-state index contributed by atoms with van der Waals surface area (Å²) in [5.74, 6) is 1.41. The summed E-state index contributed by atoms with van der Waals surface area (Å²) in [4.78, 5) is -0.0518. The quantitative estimate of drug-likeness (QED) is 0.569. The molecule has 74 valence electrons. The Kier molecular flexibility index (Phi) is 7.82. The normalized spacial score (nSPS) is 12.0. The molecule has 0 nitrogen and oxygen atoms in total. The number of hydrogen-bond acceptors (Lipinski definition) is 0. The summed E-state index contributed by atoms with van der Waals surface area (Å²) in [6, 6.07) is 0. The molecule has 0 radical (unpaired) electrons. The Bertz CT molecular complexity index is 95.9. The lowest BCUT2D eigenvalue weighted by atomic mass is 9.94. The van der Waals surface area contributed by atoms with Crippen molar-refractivity contribution in [1.82, 2.24) is 0 Å². The molecule has 0 aromatic heterocycles. The third kappa shape index (κ3) is 5.50. The maximum atomic E-state index is 6.36. The van der Waals surface area contributed by atoms with Gasteiger partial charge in [-0.05, 0) is 32.1 Å². The van der Waals surface area contributed by atoms with Crippen LogP contribution in [0.15, 0.2) is 0 Å². The van der Waals surface area contributed by atoms with Gasteiger partial charge in [-0.2, -0.15) is 0 Å². The topological polar surface area (TPSA) is 0 Å². The van der Waals surface area contributed by atoms with E-state index in [4.69, 9.17) is 34.8 Å². The molecule has 0 aliphatic carbocycles. The summed E-state index contributed by atoms with van der Waals surface area (Å²) in [6.07, 6.45) is 5.02. The van der Waals surface area contributed by atoms with Gasteiger partial charge in [-0.25, -0.2) is 0 Å². The Morgan fingerprint density at radius 1 is 1.00 bits per heavy atom. The molecule has 0 heterocycles. The highest BCUT2D eigenvalue weighted by molar-refractivity contribution is 6.24. The van der Waals surface area contributed by atoms with Gasteiger partial charge in [0.15, 0.2) is 0 Å². The predicted molar refractivity (Wildman–Crippen MR) is 58.8 cm³/mol. The van der Waals surface area contributed by atoms with Crippen molar-refractivity contribution in [2.45, 2.75) is 43.9 Å². The molecular formula is C9H17Cl3. The zero-order chi connectivity index (χ0) is 9.45. The molecule has 3 heteroatoms. The van der Waals surface area contributed by atoms with E-state index in [1.54, 1.807) is 0 Å². The van der Waals surface area contributed by atoms with Gasteiger partial charge in [-0.1, -0.05) is 6.92 Å². The van der Waals surface area contributed by atoms with Crippen LogP contribution in [-0.4, -0.2) is 16.6 Å². The van der Waals surface area contributed by atoms with Gasteiger partial charge in [0.25, 0.3) is 0 Å². The average Bonchev–Trinajstić information content (AvgIpc) is 2.11. The van der Waals surface area contributed by atoms with Gasteiger partial charge in [-0.15, -0.1) is 34.8 Å². The van der Waals surface area contributed by atoms with Gasteiger partial charge in [0.1, 0.15) is 0 Å². The number of alkyl halides is 3. The minimum Gasteiger partial charge on any atom is -0.127 e. The van der Waals surface area contributed by atoms with Crippen molar-refractivity contribution in [3.05, 3.63) is 0 Å². The van der Waals surface area contributed by atoms with E-state index in [-0.39, 0.29) is 4.87 Å². The molecule has 0 aromatic rings. The molecule has 0 N–H and O–H groups in total. The molecule has 12 heavy (non-hydrogen) atoms. The maximum Gasteiger partial charge on any atom is 0.0445 e. The molecule has 0 unspecified atom stereocenters. The maximum absolute atomic E-state index is 6.36. The van der Waals surface area contributed by atoms with Crippen LogP contribution in [0.5, 0.6) is 0 Å². The molecule has 0 saturated heterocycles. The minimum absolute atomic E-state index is 0.0518. The van der Waals surface area contributed by atoms with Gasteiger partial charge in [0, 0.05) is 16.6 Å². The van der Waals surface area contributed by atoms with Crippen molar-refractivity contribution >= 4 is 34.8 Å². The number of halogens is 3. The first-order valence-electron chi connectivity index (χ1n) is 4.49. The monoisotopic (exact) mass is 230 g/mol. The Hall–Kier alpha value is 0.870. The lowest BCUT2D eigenvalue weighted by Gasteiger charge is -2.24. The van der Waals surface area contributed by atoms with E-state index >= 15 is 0 Å². The summed E-state index contributed by atoms with van der Waals surface area (Å²) in [5, 5.41) is 0. The zero-order valence-electron chi connectivity index (χ0n) is 7.58. The zero-order valence-corrected chi connectivity index (χ0v) is 9.85. The van der Waals surface area contributed by atoms with Crippen LogP contribution in [0.4, 0.5) is 0 Å². The van der Waals surface area contributed by atoms with Crippen molar-refractivity contribution in [2.24, 2.45) is 0 Å². The second-order valence-corrected chi connectivity index (χ2v) is 4.65. The van der Waals surface area contributed by atoms with Crippen molar-refractivity contribution in [3.8, 4) is 0 Å². The van der Waals surface area contributed by atoms with E-state index in [1.165, 1.54) is 0 Å². The van der Waals surface area contributed by atoms with Crippen molar-refractivity contribution in [1.29, 1.82) is 0 Å². The summed E-state index contributed by atoms with van der Waals surface area (Å²) in [6.45, 7) is 2.12. The lowest BCUT2D eigenvalue weighted by Crippen LogP contribution is -2.20. The third-order valence-corrected chi connectivity index (χ3v) is 3.33. The number of rotatable bonds is 7. The van der Waals surface area contributed by atoms with Gasteiger partial charge >= 0.3 is 0 Å². The summed E-state index contributed by atoms with van der Waals surface area (Å²) in [5.41, 5.74) is 0. The first kappa shape index (κ1) is 12.9. The molecule has 0 amide bonds. The molecular weight excluding hydrogens is 214 g/mol. The van der Waals surface area contributed by atoms with Crippen LogP contribution in [-0.2, 0) is 0 Å². The molecule has 0 spiro atoms. The molecule has 0 rings (SSSR count). The third-order valence-electron chi connectivity index (χ3n) is 2.15. The van der Waals surface area contributed by atoms with Gasteiger partial charge < -0.3 is 0 Å². The van der Waals surface area contributed by atoms with Crippen LogP contribution in [0, 0.1) is 0 Å². The molecule has 0 bridgehead atoms. The van der Waals surface area contributed by atoms with E-state index in [1.807, 2.05) is 0 Å². The van der Waals surface area contributed by atoms with Crippen molar-refractivity contribution in [2.75, 3.05) is 11.8 Å². The molecule has 0 atom stereocenters. The van der Waals surface area contributed by atoms with E-state index in [0.717, 1.165) is 32.1 Å². The first-order chi connectivity index (χ1) is 5.68. The van der Waals surface area contributed by atoms with E-state index in [9.17, 15) is 0 Å². The van der Waals surface area contributed by atoms with E-state index < -0.39 is 0 Å². The van der Waals surface area contributed by atoms with Crippen LogP contribution >= 0.6 is 34.8 Å². The Morgan fingerprint density at radius 2 is 1.42 bits per heavy atom. The molecule has 0 aromatic carbocycles. The Balaban J connectivity index is 3.70. The highest BCUT2D eigenvalue weighted by Crippen LogP contribution is 2.31. The highest BCUT2D eigenvalue weighted by Gasteiger charge is 2.23. The van der Waals surface area contributed by atoms with Crippen LogP contribution in [0.2, 0.25) is 0 Å². The Labute approximate surface area is 90.6 Å². The highest BCUT2D eigenvalue weighted by atomic mass is 35.5. The van der Waals surface area contributed by atoms with Crippen molar-refractivity contribution in [3.63, 3.8) is 0 Å². The predicted octanol–water partition coefficient (Wildman–Crippen LogP) is 4.41. The molecule has 0 fully saturated rings. The standard InChI is InChI=1S/C9H17Cl3/c1-2-9(12,5-3-7-10)6-4-8-11/h2-8H2,1H3.